The molecule has 1 unspecified atom stereocenters. The molecule has 1 aromatic carbocycles. The van der Waals surface area contributed by atoms with Gasteiger partial charge in [-0.3, -0.25) is 9.69 Å². The van der Waals surface area contributed by atoms with Crippen molar-refractivity contribution in [3.05, 3.63) is 62.0 Å². The second-order valence-electron chi connectivity index (χ2n) is 7.17. The zero-order valence-electron chi connectivity index (χ0n) is 17.5. The van der Waals surface area contributed by atoms with Crippen LogP contribution in [-0.2, 0) is 17.7 Å². The van der Waals surface area contributed by atoms with Gasteiger partial charge < -0.3 is 9.72 Å². The number of aryl methyl sites for hydroxylation is 2. The van der Waals surface area contributed by atoms with Gasteiger partial charge in [-0.2, -0.15) is 0 Å². The van der Waals surface area contributed by atoms with Gasteiger partial charge in [-0.15, -0.1) is 11.3 Å². The van der Waals surface area contributed by atoms with Gasteiger partial charge in [-0.25, -0.2) is 9.78 Å². The topological polar surface area (TPSA) is 75.3 Å². The molecule has 0 spiro atoms. The van der Waals surface area contributed by atoms with E-state index in [1.807, 2.05) is 14.0 Å². The van der Waals surface area contributed by atoms with Gasteiger partial charge in [0.1, 0.15) is 15.5 Å². The standard InChI is InChI=1S/C22H27N3O3S/c1-6-15-8-10-16(11-9-15)12-25(5)14(4)19-23-20(26)17-13(3)18(22(27)28-7-2)29-21(17)24-19/h8-11,14H,6-7,12H2,1-5H3,(H,23,24,26). The second-order valence-corrected chi connectivity index (χ2v) is 8.17. The molecule has 0 amide bonds. The molecule has 29 heavy (non-hydrogen) atoms. The van der Waals surface area contributed by atoms with E-state index in [0.717, 1.165) is 13.0 Å². The van der Waals surface area contributed by atoms with E-state index in [9.17, 15) is 9.59 Å². The van der Waals surface area contributed by atoms with Crippen LogP contribution in [0.5, 0.6) is 0 Å². The maximum Gasteiger partial charge on any atom is 0.348 e. The SMILES string of the molecule is CCOC(=O)c1sc2nc(C(C)N(C)Cc3ccc(CC)cc3)[nH]c(=O)c2c1C. The van der Waals surface area contributed by atoms with E-state index in [1.165, 1.54) is 22.5 Å². The Morgan fingerprint density at radius 3 is 2.52 bits per heavy atom. The molecule has 0 aliphatic rings. The van der Waals surface area contributed by atoms with Gasteiger partial charge in [-0.05, 0) is 50.9 Å². The highest BCUT2D eigenvalue weighted by Gasteiger charge is 2.22. The van der Waals surface area contributed by atoms with Crippen LogP contribution in [0.4, 0.5) is 0 Å². The quantitative estimate of drug-likeness (QED) is 0.587. The van der Waals surface area contributed by atoms with Crippen LogP contribution < -0.4 is 5.56 Å². The summed E-state index contributed by atoms with van der Waals surface area (Å²) < 4.78 is 5.10. The normalized spacial score (nSPS) is 12.5. The number of thiophene rings is 1. The maximum absolute atomic E-state index is 12.7. The zero-order valence-corrected chi connectivity index (χ0v) is 18.4. The summed E-state index contributed by atoms with van der Waals surface area (Å²) in [5, 5.41) is 0.465. The summed E-state index contributed by atoms with van der Waals surface area (Å²) >= 11 is 1.21. The minimum Gasteiger partial charge on any atom is -0.462 e. The van der Waals surface area contributed by atoms with E-state index in [2.05, 4.69) is 46.1 Å². The first-order valence-electron chi connectivity index (χ1n) is 9.84. The van der Waals surface area contributed by atoms with Gasteiger partial charge in [0.25, 0.3) is 5.56 Å². The summed E-state index contributed by atoms with van der Waals surface area (Å²) in [4.78, 5) is 35.6. The van der Waals surface area contributed by atoms with Gasteiger partial charge >= 0.3 is 5.97 Å². The summed E-state index contributed by atoms with van der Waals surface area (Å²) in [6, 6.07) is 8.47. The highest BCUT2D eigenvalue weighted by atomic mass is 32.1. The van der Waals surface area contributed by atoms with E-state index in [-0.39, 0.29) is 11.6 Å². The van der Waals surface area contributed by atoms with Crippen molar-refractivity contribution in [2.75, 3.05) is 13.7 Å². The fourth-order valence-electron chi connectivity index (χ4n) is 3.26. The number of H-pyrrole nitrogens is 1. The number of esters is 1. The number of nitrogens with zero attached hydrogens (tertiary/aromatic N) is 2. The third-order valence-electron chi connectivity index (χ3n) is 5.20. The zero-order chi connectivity index (χ0) is 21.1. The van der Waals surface area contributed by atoms with E-state index in [0.29, 0.717) is 33.1 Å². The van der Waals surface area contributed by atoms with E-state index >= 15 is 0 Å². The van der Waals surface area contributed by atoms with E-state index < -0.39 is 5.97 Å². The van der Waals surface area contributed by atoms with Gasteiger partial charge in [-0.1, -0.05) is 31.2 Å². The fourth-order valence-corrected chi connectivity index (χ4v) is 4.35. The summed E-state index contributed by atoms with van der Waals surface area (Å²) in [6.45, 7) is 8.71. The van der Waals surface area contributed by atoms with Gasteiger partial charge in [0.15, 0.2) is 0 Å². The first-order valence-corrected chi connectivity index (χ1v) is 10.7. The lowest BCUT2D eigenvalue weighted by molar-refractivity contribution is 0.0531. The fraction of sp³-hybridized carbons (Fsp3) is 0.409. The molecular formula is C22H27N3O3S. The molecule has 0 fully saturated rings. The van der Waals surface area contributed by atoms with Crippen molar-refractivity contribution < 1.29 is 9.53 Å². The number of benzene rings is 1. The third-order valence-corrected chi connectivity index (χ3v) is 6.37. The van der Waals surface area contributed by atoms with Crippen LogP contribution >= 0.6 is 11.3 Å². The van der Waals surface area contributed by atoms with Crippen LogP contribution in [0.3, 0.4) is 0 Å². The Bertz CT molecular complexity index is 1070. The molecule has 0 radical (unpaired) electrons. The predicted molar refractivity (Wildman–Crippen MR) is 117 cm³/mol. The van der Waals surface area contributed by atoms with Crippen molar-refractivity contribution in [3.8, 4) is 0 Å². The monoisotopic (exact) mass is 413 g/mol. The Balaban J connectivity index is 1.88. The van der Waals surface area contributed by atoms with Crippen LogP contribution in [0.15, 0.2) is 29.1 Å². The molecule has 6 nitrogen and oxygen atoms in total. The van der Waals surface area contributed by atoms with E-state index in [4.69, 9.17) is 4.74 Å². The number of aromatic nitrogens is 2. The van der Waals surface area contributed by atoms with Crippen molar-refractivity contribution in [2.45, 2.75) is 46.7 Å². The number of hydrogen-bond acceptors (Lipinski definition) is 6. The Hall–Kier alpha value is -2.51. The van der Waals surface area contributed by atoms with Crippen LogP contribution in [0.25, 0.3) is 10.2 Å². The Morgan fingerprint density at radius 2 is 1.90 bits per heavy atom. The lowest BCUT2D eigenvalue weighted by Gasteiger charge is -2.24. The van der Waals surface area contributed by atoms with E-state index in [1.54, 1.807) is 13.8 Å². The number of rotatable bonds is 7. The number of aromatic amines is 1. The average Bonchev–Trinajstić information content (AvgIpc) is 3.05. The molecule has 0 saturated carbocycles. The molecule has 0 bridgehead atoms. The molecule has 2 aromatic heterocycles. The summed E-state index contributed by atoms with van der Waals surface area (Å²) in [7, 11) is 2.01. The summed E-state index contributed by atoms with van der Waals surface area (Å²) in [6.07, 6.45) is 1.02. The number of carbonyl (C=O) groups is 1. The smallest absolute Gasteiger partial charge is 0.348 e. The highest BCUT2D eigenvalue weighted by Crippen LogP contribution is 2.29. The van der Waals surface area contributed by atoms with Crippen molar-refractivity contribution in [1.29, 1.82) is 0 Å². The first kappa shape index (κ1) is 21.2. The number of nitrogens with one attached hydrogen (secondary N) is 1. The molecule has 3 rings (SSSR count). The molecule has 1 N–H and O–H groups in total. The number of ether oxygens (including phenoxy) is 1. The van der Waals surface area contributed by atoms with Crippen LogP contribution in [-0.4, -0.2) is 34.5 Å². The Labute approximate surface area is 174 Å². The third kappa shape index (κ3) is 4.41. The molecule has 2 heterocycles. The molecule has 0 aliphatic carbocycles. The Kier molecular flexibility index (Phi) is 6.49. The van der Waals surface area contributed by atoms with Crippen LogP contribution in [0.1, 0.15) is 59.0 Å². The molecule has 0 aliphatic heterocycles. The molecular weight excluding hydrogens is 386 g/mol. The molecule has 154 valence electrons. The van der Waals surface area contributed by atoms with Crippen molar-refractivity contribution in [3.63, 3.8) is 0 Å². The molecule has 7 heteroatoms. The Morgan fingerprint density at radius 1 is 1.24 bits per heavy atom. The van der Waals surface area contributed by atoms with Gasteiger partial charge in [0, 0.05) is 6.54 Å². The number of hydrogen-bond donors (Lipinski definition) is 1. The van der Waals surface area contributed by atoms with Crippen molar-refractivity contribution in [1.82, 2.24) is 14.9 Å². The highest BCUT2D eigenvalue weighted by molar-refractivity contribution is 7.20. The van der Waals surface area contributed by atoms with Crippen LogP contribution in [0.2, 0.25) is 0 Å². The largest absolute Gasteiger partial charge is 0.462 e. The first-order chi connectivity index (χ1) is 13.8. The van der Waals surface area contributed by atoms with Gasteiger partial charge in [0.2, 0.25) is 0 Å². The average molecular weight is 414 g/mol. The summed E-state index contributed by atoms with van der Waals surface area (Å²) in [5.41, 5.74) is 2.92. The molecule has 0 saturated heterocycles. The molecule has 3 aromatic rings. The summed E-state index contributed by atoms with van der Waals surface area (Å²) in [5.74, 6) is 0.182. The lowest BCUT2D eigenvalue weighted by Crippen LogP contribution is -2.25. The second kappa shape index (κ2) is 8.88. The minimum atomic E-state index is -0.408. The van der Waals surface area contributed by atoms with Crippen LogP contribution in [0, 0.1) is 6.92 Å². The maximum atomic E-state index is 12.7. The molecule has 1 atom stereocenters. The van der Waals surface area contributed by atoms with Crippen molar-refractivity contribution >= 4 is 27.5 Å². The minimum absolute atomic E-state index is 0.0913. The lowest BCUT2D eigenvalue weighted by atomic mass is 10.1. The number of fused-ring (bicyclic) bond motifs is 1. The van der Waals surface area contributed by atoms with Crippen molar-refractivity contribution in [2.24, 2.45) is 0 Å². The van der Waals surface area contributed by atoms with Gasteiger partial charge in [0.05, 0.1) is 18.0 Å². The number of carbonyl (C=O) groups excluding carboxylic acids is 1. The predicted octanol–water partition coefficient (Wildman–Crippen LogP) is 4.23.